The maximum Gasteiger partial charge on any atom is 0.330 e. The number of methoxy groups -OCH3 is 1. The number of halogens is 1. The highest BCUT2D eigenvalue weighted by Gasteiger charge is 2.53. The Morgan fingerprint density at radius 2 is 1.82 bits per heavy atom. The molecular weight excluding hydrogens is 567 g/mol. The third-order valence-corrected chi connectivity index (χ3v) is 12.1. The maximum atomic E-state index is 12.6. The predicted molar refractivity (Wildman–Crippen MR) is 142 cm³/mol. The van der Waals surface area contributed by atoms with Gasteiger partial charge in [0.1, 0.15) is 18.3 Å². The summed E-state index contributed by atoms with van der Waals surface area (Å²) in [5.74, 6) is 0. The molecule has 0 radical (unpaired) electrons. The number of nitrogens with one attached hydrogen (secondary N) is 1. The topological polar surface area (TPSA) is 91.8 Å². The molecule has 2 heterocycles. The van der Waals surface area contributed by atoms with Crippen molar-refractivity contribution in [1.29, 1.82) is 0 Å². The van der Waals surface area contributed by atoms with Gasteiger partial charge in [-0.05, 0) is 23.7 Å². The van der Waals surface area contributed by atoms with Gasteiger partial charge in [-0.1, -0.05) is 73.7 Å². The zero-order valence-corrected chi connectivity index (χ0v) is 23.8. The molecule has 2 aromatic rings. The summed E-state index contributed by atoms with van der Waals surface area (Å²) in [6, 6.07) is 11.3. The Balaban J connectivity index is 1.86. The molecule has 0 saturated carbocycles. The summed E-state index contributed by atoms with van der Waals surface area (Å²) in [4.78, 5) is 26.5. The number of hydrogen-bond acceptors (Lipinski definition) is 6. The van der Waals surface area contributed by atoms with Crippen LogP contribution in [0, 0.1) is 0 Å². The third-order valence-electron chi connectivity index (χ3n) is 6.60. The maximum absolute atomic E-state index is 12.6. The van der Waals surface area contributed by atoms with E-state index in [1.54, 1.807) is 7.11 Å². The molecule has 0 bridgehead atoms. The van der Waals surface area contributed by atoms with Crippen LogP contribution in [0.4, 0.5) is 0 Å². The highest BCUT2D eigenvalue weighted by molar-refractivity contribution is 14.1. The molecule has 0 amide bonds. The van der Waals surface area contributed by atoms with E-state index >= 15 is 0 Å². The minimum absolute atomic E-state index is 0.0205. The number of ether oxygens (including phenoxy) is 3. The number of hydrogen-bond donors (Lipinski definition) is 1. The lowest BCUT2D eigenvalue weighted by atomic mass is 10.1. The lowest BCUT2D eigenvalue weighted by Crippen LogP contribution is -2.51. The number of alkyl halides is 1. The van der Waals surface area contributed by atoms with Crippen molar-refractivity contribution in [1.82, 2.24) is 9.55 Å². The van der Waals surface area contributed by atoms with E-state index in [1.165, 1.54) is 16.8 Å². The number of aromatic nitrogens is 2. The predicted octanol–water partition coefficient (Wildman–Crippen LogP) is 3.86. The number of aromatic amines is 1. The molecule has 1 fully saturated rings. The van der Waals surface area contributed by atoms with Gasteiger partial charge in [0.15, 0.2) is 14.5 Å². The van der Waals surface area contributed by atoms with Crippen molar-refractivity contribution in [3.8, 4) is 0 Å². The van der Waals surface area contributed by atoms with E-state index in [-0.39, 0.29) is 15.1 Å². The van der Waals surface area contributed by atoms with E-state index in [9.17, 15) is 9.59 Å². The fraction of sp³-hybridized carbons (Fsp3) is 0.583. The Labute approximate surface area is 215 Å². The SMILES string of the molecule is CO[C@@H]1[C@H](O[Si](C)(C)C(C)(C)C)[C@@H](C(I)COCc2ccccc2)O[C@H]1n1ccc(=O)[nH]c1=O. The smallest absolute Gasteiger partial charge is 0.330 e. The van der Waals surface area contributed by atoms with Crippen LogP contribution in [0.25, 0.3) is 0 Å². The van der Waals surface area contributed by atoms with Gasteiger partial charge in [0.05, 0.1) is 17.1 Å². The first-order valence-corrected chi connectivity index (χ1v) is 15.5. The molecule has 10 heteroatoms. The van der Waals surface area contributed by atoms with Gasteiger partial charge >= 0.3 is 5.69 Å². The largest absolute Gasteiger partial charge is 0.408 e. The summed E-state index contributed by atoms with van der Waals surface area (Å²) in [5, 5.41) is -0.0205. The molecule has 5 atom stereocenters. The number of benzene rings is 1. The summed E-state index contributed by atoms with van der Waals surface area (Å²) in [6.07, 6.45) is -0.608. The highest BCUT2D eigenvalue weighted by Crippen LogP contribution is 2.43. The van der Waals surface area contributed by atoms with Gasteiger partial charge in [0.25, 0.3) is 5.56 Å². The average molecular weight is 603 g/mol. The van der Waals surface area contributed by atoms with Gasteiger partial charge in [-0.2, -0.15) is 0 Å². The van der Waals surface area contributed by atoms with Crippen molar-refractivity contribution >= 4 is 30.9 Å². The van der Waals surface area contributed by atoms with Gasteiger partial charge < -0.3 is 18.6 Å². The fourth-order valence-electron chi connectivity index (χ4n) is 3.67. The summed E-state index contributed by atoms with van der Waals surface area (Å²) in [5.41, 5.74) is 0.0940. The second kappa shape index (κ2) is 11.2. The Morgan fingerprint density at radius 3 is 2.41 bits per heavy atom. The van der Waals surface area contributed by atoms with Gasteiger partial charge in [-0.15, -0.1) is 0 Å². The standard InChI is InChI=1S/C24H35IN2O6Si/c1-24(2,3)34(5,6)33-20-19(17(25)15-31-14-16-10-8-7-9-11-16)32-22(21(20)30-4)27-13-12-18(28)26-23(27)29/h7-13,17,19-22H,14-15H2,1-6H3,(H,26,28,29)/t17?,19-,20-,21-,22-/m1/s1. The second-order valence-corrected chi connectivity index (χ2v) is 16.4. The third kappa shape index (κ3) is 6.27. The van der Waals surface area contributed by atoms with Crippen LogP contribution < -0.4 is 11.2 Å². The van der Waals surface area contributed by atoms with Crippen LogP contribution in [0.3, 0.4) is 0 Å². The number of rotatable bonds is 9. The van der Waals surface area contributed by atoms with Gasteiger partial charge in [-0.3, -0.25) is 14.3 Å². The van der Waals surface area contributed by atoms with Crippen molar-refractivity contribution in [3.63, 3.8) is 0 Å². The molecule has 1 unspecified atom stereocenters. The first-order valence-electron chi connectivity index (χ1n) is 11.4. The average Bonchev–Trinajstić information content (AvgIpc) is 3.11. The van der Waals surface area contributed by atoms with Crippen LogP contribution in [-0.2, 0) is 25.2 Å². The van der Waals surface area contributed by atoms with Crippen LogP contribution in [0.2, 0.25) is 18.1 Å². The molecule has 1 aliphatic rings. The summed E-state index contributed by atoms with van der Waals surface area (Å²) in [7, 11) is -0.609. The van der Waals surface area contributed by atoms with Gasteiger partial charge in [0, 0.05) is 19.4 Å². The summed E-state index contributed by atoms with van der Waals surface area (Å²) in [6.45, 7) is 11.9. The zero-order chi connectivity index (χ0) is 25.1. The monoisotopic (exact) mass is 602 g/mol. The first-order chi connectivity index (χ1) is 15.9. The van der Waals surface area contributed by atoms with Crippen LogP contribution in [0.15, 0.2) is 52.2 Å². The molecular formula is C24H35IN2O6Si. The quantitative estimate of drug-likeness (QED) is 0.267. The normalized spacial score (nSPS) is 24.3. The van der Waals surface area contributed by atoms with Crippen molar-refractivity contribution in [2.45, 2.75) is 74.0 Å². The van der Waals surface area contributed by atoms with Crippen molar-refractivity contribution in [3.05, 3.63) is 69.0 Å². The molecule has 0 spiro atoms. The van der Waals surface area contributed by atoms with E-state index in [0.29, 0.717) is 13.2 Å². The minimum atomic E-state index is -2.20. The Kier molecular flexibility index (Phi) is 8.96. The van der Waals surface area contributed by atoms with E-state index < -0.39 is 38.0 Å². The van der Waals surface area contributed by atoms with Crippen molar-refractivity contribution in [2.24, 2.45) is 0 Å². The molecule has 1 aliphatic heterocycles. The Bertz CT molecular complexity index is 1050. The second-order valence-electron chi connectivity index (χ2n) is 10.1. The summed E-state index contributed by atoms with van der Waals surface area (Å²) < 4.78 is 26.4. The molecule has 0 aliphatic carbocycles. The van der Waals surface area contributed by atoms with Crippen LogP contribution >= 0.6 is 22.6 Å². The van der Waals surface area contributed by atoms with Crippen LogP contribution in [-0.4, -0.2) is 53.8 Å². The van der Waals surface area contributed by atoms with E-state index in [0.717, 1.165) is 5.56 Å². The van der Waals surface area contributed by atoms with E-state index in [4.69, 9.17) is 18.6 Å². The van der Waals surface area contributed by atoms with Crippen LogP contribution in [0.5, 0.6) is 0 Å². The summed E-state index contributed by atoms with van der Waals surface area (Å²) >= 11 is 2.33. The molecule has 188 valence electrons. The van der Waals surface area contributed by atoms with Crippen molar-refractivity contribution < 1.29 is 18.6 Å². The fourth-order valence-corrected chi connectivity index (χ4v) is 5.80. The van der Waals surface area contributed by atoms with Crippen LogP contribution in [0.1, 0.15) is 32.6 Å². The molecule has 1 N–H and O–H groups in total. The van der Waals surface area contributed by atoms with E-state index in [1.807, 2.05) is 30.3 Å². The highest BCUT2D eigenvalue weighted by atomic mass is 127. The lowest BCUT2D eigenvalue weighted by Gasteiger charge is -2.41. The molecule has 3 rings (SSSR count). The van der Waals surface area contributed by atoms with Gasteiger partial charge in [0.2, 0.25) is 0 Å². The molecule has 1 aromatic carbocycles. The van der Waals surface area contributed by atoms with Crippen molar-refractivity contribution in [2.75, 3.05) is 13.7 Å². The lowest BCUT2D eigenvalue weighted by molar-refractivity contribution is -0.0562. The minimum Gasteiger partial charge on any atom is -0.408 e. The van der Waals surface area contributed by atoms with Gasteiger partial charge in [-0.25, -0.2) is 4.79 Å². The molecule has 1 saturated heterocycles. The number of H-pyrrole nitrogens is 1. The Hall–Kier alpha value is -1.31. The van der Waals surface area contributed by atoms with E-state index in [2.05, 4.69) is 61.4 Å². The number of nitrogens with zero attached hydrogens (tertiary/aromatic N) is 1. The molecule has 34 heavy (non-hydrogen) atoms. The zero-order valence-electron chi connectivity index (χ0n) is 20.6. The molecule has 1 aromatic heterocycles. The molecule has 8 nitrogen and oxygen atoms in total. The Morgan fingerprint density at radius 1 is 1.15 bits per heavy atom. The first kappa shape index (κ1) is 27.3.